The zero-order chi connectivity index (χ0) is 31.4. The second-order valence-corrected chi connectivity index (χ2v) is 11.3. The molecule has 5 aromatic rings. The lowest BCUT2D eigenvalue weighted by Gasteiger charge is -2.16. The minimum absolute atomic E-state index is 0.282. The molecule has 0 amide bonds. The molecule has 8 nitrogen and oxygen atoms in total. The van der Waals surface area contributed by atoms with Gasteiger partial charge in [-0.2, -0.15) is 4.99 Å². The Morgan fingerprint density at radius 3 is 2.41 bits per heavy atom. The number of nitrogens with one attached hydrogen (secondary N) is 1. The molecule has 0 saturated carbocycles. The van der Waals surface area contributed by atoms with E-state index in [4.69, 9.17) is 21.9 Å². The Balaban J connectivity index is 1.25. The molecule has 0 aliphatic carbocycles. The number of halogens is 3. The van der Waals surface area contributed by atoms with Gasteiger partial charge in [-0.1, -0.05) is 38.1 Å². The Kier molecular flexibility index (Phi) is 9.16. The van der Waals surface area contributed by atoms with Crippen molar-refractivity contribution < 1.29 is 22.6 Å². The summed E-state index contributed by atoms with van der Waals surface area (Å²) in [5.74, 6) is 1.26. The Labute approximate surface area is 261 Å². The number of aromatic nitrogens is 4. The van der Waals surface area contributed by atoms with Crippen molar-refractivity contribution >= 4 is 28.7 Å². The first-order valence-corrected chi connectivity index (χ1v) is 14.8. The lowest BCUT2D eigenvalue weighted by atomic mass is 10.0. The molecule has 44 heavy (non-hydrogen) atoms. The Morgan fingerprint density at radius 2 is 1.75 bits per heavy atom. The normalized spacial score (nSPS) is 12.0. The molecule has 13 heteroatoms. The summed E-state index contributed by atoms with van der Waals surface area (Å²) in [6.45, 7) is 6.81. The van der Waals surface area contributed by atoms with Crippen molar-refractivity contribution in [3.63, 3.8) is 0 Å². The van der Waals surface area contributed by atoms with E-state index in [-0.39, 0.29) is 11.7 Å². The van der Waals surface area contributed by atoms with Crippen LogP contribution in [0.1, 0.15) is 36.6 Å². The SMILES string of the molecule is COc1ccc(-n2c(C)csc2=NC(=S)NCc2ccc(-c3ncn(-c4ccc(OC(F)(F)F)cc4)n3)cc2)c(C(C)C)c1. The van der Waals surface area contributed by atoms with Crippen LogP contribution >= 0.6 is 23.6 Å². The predicted molar refractivity (Wildman–Crippen MR) is 168 cm³/mol. The minimum atomic E-state index is -4.75. The maximum atomic E-state index is 12.4. The zero-order valence-corrected chi connectivity index (χ0v) is 25.9. The summed E-state index contributed by atoms with van der Waals surface area (Å²) in [5, 5.41) is 10.1. The molecule has 0 aliphatic heterocycles. The lowest BCUT2D eigenvalue weighted by molar-refractivity contribution is -0.274. The molecule has 5 rings (SSSR count). The van der Waals surface area contributed by atoms with Crippen molar-refractivity contribution in [1.29, 1.82) is 0 Å². The standard InChI is InChI=1S/C31H29F3N6O2S2/c1-19(2)26-15-25(41-4)13-14-27(26)40-20(3)17-44-30(40)37-29(43)35-16-21-5-7-22(8-6-21)28-36-18-39(38-28)23-9-11-24(12-10-23)42-31(32,33)34/h5-15,17-19H,16H2,1-4H3,(H,35,43). The fourth-order valence-corrected chi connectivity index (χ4v) is 5.57. The molecule has 0 bridgehead atoms. The highest BCUT2D eigenvalue weighted by Crippen LogP contribution is 2.28. The number of nitrogens with zero attached hydrogens (tertiary/aromatic N) is 5. The number of benzene rings is 3. The predicted octanol–water partition coefficient (Wildman–Crippen LogP) is 7.10. The molecule has 0 aliphatic rings. The van der Waals surface area contributed by atoms with Crippen molar-refractivity contribution in [3.8, 4) is 34.3 Å². The fourth-order valence-electron chi connectivity index (χ4n) is 4.49. The van der Waals surface area contributed by atoms with E-state index < -0.39 is 6.36 Å². The van der Waals surface area contributed by atoms with Crippen LogP contribution in [-0.4, -0.2) is 37.9 Å². The highest BCUT2D eigenvalue weighted by molar-refractivity contribution is 7.80. The van der Waals surface area contributed by atoms with Crippen LogP contribution in [-0.2, 0) is 6.54 Å². The van der Waals surface area contributed by atoms with Gasteiger partial charge in [-0.3, -0.25) is 4.57 Å². The first-order valence-electron chi connectivity index (χ1n) is 13.6. The van der Waals surface area contributed by atoms with Gasteiger partial charge in [0.1, 0.15) is 17.8 Å². The largest absolute Gasteiger partial charge is 0.573 e. The van der Waals surface area contributed by atoms with Gasteiger partial charge in [-0.25, -0.2) is 9.67 Å². The van der Waals surface area contributed by atoms with Crippen LogP contribution in [0.25, 0.3) is 22.8 Å². The molecule has 0 radical (unpaired) electrons. The van der Waals surface area contributed by atoms with Gasteiger partial charge in [0.25, 0.3) is 0 Å². The zero-order valence-electron chi connectivity index (χ0n) is 24.3. The number of hydrogen-bond donors (Lipinski definition) is 1. The van der Waals surface area contributed by atoms with Crippen molar-refractivity contribution in [2.45, 2.75) is 39.6 Å². The van der Waals surface area contributed by atoms with E-state index in [1.54, 1.807) is 7.11 Å². The van der Waals surface area contributed by atoms with Crippen LogP contribution in [0.5, 0.6) is 11.5 Å². The Hall–Kier alpha value is -4.49. The third-order valence-corrected chi connectivity index (χ3v) is 7.84. The second kappa shape index (κ2) is 13.0. The molecule has 0 atom stereocenters. The highest BCUT2D eigenvalue weighted by atomic mass is 32.1. The lowest BCUT2D eigenvalue weighted by Crippen LogP contribution is -2.24. The molecular weight excluding hydrogens is 610 g/mol. The van der Waals surface area contributed by atoms with Crippen LogP contribution in [0.15, 0.2) is 83.4 Å². The van der Waals surface area contributed by atoms with Gasteiger partial charge in [-0.05, 0) is 78.7 Å². The van der Waals surface area contributed by atoms with E-state index in [0.29, 0.717) is 23.2 Å². The Morgan fingerprint density at radius 1 is 1.05 bits per heavy atom. The number of thiazole rings is 1. The summed E-state index contributed by atoms with van der Waals surface area (Å²) in [6, 6.07) is 19.1. The van der Waals surface area contributed by atoms with Crippen LogP contribution in [0, 0.1) is 6.92 Å². The molecule has 2 aromatic heterocycles. The van der Waals surface area contributed by atoms with Crippen LogP contribution in [0.4, 0.5) is 13.2 Å². The molecule has 228 valence electrons. The topological polar surface area (TPSA) is 78.5 Å². The molecule has 3 aromatic carbocycles. The summed E-state index contributed by atoms with van der Waals surface area (Å²) < 4.78 is 50.2. The van der Waals surface area contributed by atoms with Crippen molar-refractivity contribution in [2.24, 2.45) is 4.99 Å². The van der Waals surface area contributed by atoms with E-state index >= 15 is 0 Å². The average molecular weight is 639 g/mol. The third kappa shape index (κ3) is 7.34. The van der Waals surface area contributed by atoms with Gasteiger partial charge in [0, 0.05) is 23.2 Å². The first-order chi connectivity index (χ1) is 21.0. The number of thiocarbonyl (C=S) groups is 1. The smallest absolute Gasteiger partial charge is 0.497 e. The van der Waals surface area contributed by atoms with Crippen molar-refractivity contribution in [1.82, 2.24) is 24.6 Å². The monoisotopic (exact) mass is 638 g/mol. The number of ether oxygens (including phenoxy) is 2. The third-order valence-electron chi connectivity index (χ3n) is 6.66. The molecular formula is C31H29F3N6O2S2. The number of aryl methyl sites for hydroxylation is 1. The molecule has 1 N–H and O–H groups in total. The quantitative estimate of drug-likeness (QED) is 0.183. The molecule has 0 fully saturated rings. The van der Waals surface area contributed by atoms with Gasteiger partial charge < -0.3 is 14.8 Å². The second-order valence-electron chi connectivity index (χ2n) is 10.1. The van der Waals surface area contributed by atoms with Crippen LogP contribution < -0.4 is 19.6 Å². The summed E-state index contributed by atoms with van der Waals surface area (Å²) in [7, 11) is 1.66. The van der Waals surface area contributed by atoms with E-state index in [1.807, 2.05) is 43.3 Å². The van der Waals surface area contributed by atoms with Crippen molar-refractivity contribution in [3.05, 3.63) is 100 Å². The fraction of sp³-hybridized carbons (Fsp3) is 0.226. The van der Waals surface area contributed by atoms with Gasteiger partial charge >= 0.3 is 6.36 Å². The molecule has 0 saturated heterocycles. The summed E-state index contributed by atoms with van der Waals surface area (Å²) in [4.78, 5) is 9.83. The van der Waals surface area contributed by atoms with Gasteiger partial charge in [0.15, 0.2) is 15.7 Å². The number of rotatable bonds is 8. The maximum absolute atomic E-state index is 12.4. The highest BCUT2D eigenvalue weighted by Gasteiger charge is 2.31. The van der Waals surface area contributed by atoms with Gasteiger partial charge in [-0.15, -0.1) is 29.6 Å². The van der Waals surface area contributed by atoms with E-state index in [1.165, 1.54) is 46.6 Å². The number of methoxy groups -OCH3 is 1. The van der Waals surface area contributed by atoms with Crippen molar-refractivity contribution in [2.75, 3.05) is 7.11 Å². The first kappa shape index (κ1) is 31.0. The maximum Gasteiger partial charge on any atom is 0.573 e. The van der Waals surface area contributed by atoms with Crippen LogP contribution in [0.2, 0.25) is 0 Å². The summed E-state index contributed by atoms with van der Waals surface area (Å²) >= 11 is 7.10. The number of alkyl halides is 3. The van der Waals surface area contributed by atoms with Gasteiger partial charge in [0.05, 0.1) is 18.5 Å². The van der Waals surface area contributed by atoms with Gasteiger partial charge in [0.2, 0.25) is 0 Å². The number of hydrogen-bond acceptors (Lipinski definition) is 6. The van der Waals surface area contributed by atoms with E-state index in [0.717, 1.165) is 38.6 Å². The molecule has 2 heterocycles. The molecule has 0 spiro atoms. The summed E-state index contributed by atoms with van der Waals surface area (Å²) in [5.41, 5.74) is 5.57. The van der Waals surface area contributed by atoms with Crippen LogP contribution in [0.3, 0.4) is 0 Å². The molecule has 0 unspecified atom stereocenters. The minimum Gasteiger partial charge on any atom is -0.497 e. The average Bonchev–Trinajstić information content (AvgIpc) is 3.62. The van der Waals surface area contributed by atoms with E-state index in [2.05, 4.69) is 50.0 Å². The Bertz CT molecular complexity index is 1820. The van der Waals surface area contributed by atoms with E-state index in [9.17, 15) is 13.2 Å². The summed E-state index contributed by atoms with van der Waals surface area (Å²) in [6.07, 6.45) is -3.25.